The molecule has 3 rings (SSSR count). The molecule has 1 aliphatic carbocycles. The Balaban J connectivity index is 1.54. The van der Waals surface area contributed by atoms with E-state index in [4.69, 9.17) is 0 Å². The minimum Gasteiger partial charge on any atom is -0.356 e. The van der Waals surface area contributed by atoms with Crippen LogP contribution in [0.4, 0.5) is 5.13 Å². The molecule has 0 unspecified atom stereocenters. The number of aromatic nitrogens is 1. The van der Waals surface area contributed by atoms with Gasteiger partial charge in [0.15, 0.2) is 5.13 Å². The molecule has 1 fully saturated rings. The number of hydrogen-bond acceptors (Lipinski definition) is 5. The molecule has 0 atom stereocenters. The van der Waals surface area contributed by atoms with Crippen LogP contribution < -0.4 is 10.6 Å². The van der Waals surface area contributed by atoms with E-state index in [0.29, 0.717) is 22.9 Å². The summed E-state index contributed by atoms with van der Waals surface area (Å²) in [4.78, 5) is 43.2. The van der Waals surface area contributed by atoms with Crippen molar-refractivity contribution < 1.29 is 14.4 Å². The third kappa shape index (κ3) is 6.38. The number of benzene rings is 1. The summed E-state index contributed by atoms with van der Waals surface area (Å²) >= 11 is 1.28. The van der Waals surface area contributed by atoms with E-state index in [0.717, 1.165) is 31.2 Å². The number of nitrogens with one attached hydrogen (secondary N) is 2. The van der Waals surface area contributed by atoms with Gasteiger partial charge >= 0.3 is 0 Å². The minimum atomic E-state index is -0.282. The molecule has 0 aliphatic heterocycles. The first kappa shape index (κ1) is 22.0. The molecule has 2 aromatic rings. The zero-order chi connectivity index (χ0) is 21.5. The number of carbonyl (C=O) groups excluding carboxylic acids is 3. The van der Waals surface area contributed by atoms with E-state index in [2.05, 4.69) is 22.5 Å². The second-order valence-electron chi connectivity index (χ2n) is 7.60. The van der Waals surface area contributed by atoms with Crippen LogP contribution in [0.25, 0.3) is 0 Å². The van der Waals surface area contributed by atoms with E-state index in [-0.39, 0.29) is 36.7 Å². The van der Waals surface area contributed by atoms with Crippen LogP contribution in [0.3, 0.4) is 0 Å². The molecular weight excluding hydrogens is 400 g/mol. The number of amides is 3. The zero-order valence-electron chi connectivity index (χ0n) is 17.4. The smallest absolute Gasteiger partial charge is 0.254 e. The summed E-state index contributed by atoms with van der Waals surface area (Å²) in [6.45, 7) is 4.69. The van der Waals surface area contributed by atoms with Crippen molar-refractivity contribution in [3.8, 4) is 0 Å². The second-order valence-corrected chi connectivity index (χ2v) is 8.46. The highest BCUT2D eigenvalue weighted by Gasteiger charge is 2.34. The maximum absolute atomic E-state index is 12.8. The third-order valence-corrected chi connectivity index (χ3v) is 5.66. The van der Waals surface area contributed by atoms with Gasteiger partial charge in [-0.15, -0.1) is 11.3 Å². The molecule has 0 spiro atoms. The number of carbonyl (C=O) groups is 3. The molecule has 3 amide bonds. The van der Waals surface area contributed by atoms with E-state index in [1.807, 2.05) is 19.1 Å². The maximum Gasteiger partial charge on any atom is 0.254 e. The largest absolute Gasteiger partial charge is 0.356 e. The quantitative estimate of drug-likeness (QED) is 0.569. The molecule has 1 aromatic heterocycles. The van der Waals surface area contributed by atoms with Gasteiger partial charge in [-0.1, -0.05) is 31.0 Å². The fraction of sp³-hybridized carbons (Fsp3) is 0.455. The molecule has 1 aliphatic rings. The Labute approximate surface area is 180 Å². The van der Waals surface area contributed by atoms with E-state index >= 15 is 0 Å². The topological polar surface area (TPSA) is 91.4 Å². The van der Waals surface area contributed by atoms with E-state index in [1.54, 1.807) is 22.4 Å². The standard InChI is InChI=1S/C22H28N4O3S/c1-3-4-11-23-19(27)12-17-14-30-22(24-17)25-20(28)13-26(18-9-10-18)21(29)16-7-5-15(2)6-8-16/h5-8,14,18H,3-4,9-13H2,1-2H3,(H,23,27)(H,24,25,28). The number of hydrogen-bond donors (Lipinski definition) is 2. The number of unbranched alkanes of at least 4 members (excludes halogenated alkanes) is 1. The molecule has 1 aromatic carbocycles. The first-order valence-corrected chi connectivity index (χ1v) is 11.2. The Hall–Kier alpha value is -2.74. The van der Waals surface area contributed by atoms with Gasteiger partial charge in [-0.05, 0) is 38.3 Å². The van der Waals surface area contributed by atoms with Crippen LogP contribution in [0.1, 0.15) is 54.2 Å². The van der Waals surface area contributed by atoms with Gasteiger partial charge in [0.25, 0.3) is 5.91 Å². The van der Waals surface area contributed by atoms with Crippen LogP contribution in [-0.2, 0) is 16.0 Å². The van der Waals surface area contributed by atoms with E-state index in [1.165, 1.54) is 11.3 Å². The fourth-order valence-electron chi connectivity index (χ4n) is 3.01. The van der Waals surface area contributed by atoms with Crippen LogP contribution in [0.2, 0.25) is 0 Å². The van der Waals surface area contributed by atoms with Gasteiger partial charge in [-0.2, -0.15) is 0 Å². The molecule has 0 saturated heterocycles. The second kappa shape index (κ2) is 10.3. The van der Waals surface area contributed by atoms with Gasteiger partial charge in [0.1, 0.15) is 6.54 Å². The Morgan fingerprint density at radius 2 is 1.90 bits per heavy atom. The van der Waals surface area contributed by atoms with Crippen molar-refractivity contribution >= 4 is 34.2 Å². The zero-order valence-corrected chi connectivity index (χ0v) is 18.3. The van der Waals surface area contributed by atoms with Crippen LogP contribution in [0, 0.1) is 6.92 Å². The molecule has 160 valence electrons. The molecular formula is C22H28N4O3S. The van der Waals surface area contributed by atoms with Crippen molar-refractivity contribution in [2.45, 2.75) is 52.0 Å². The van der Waals surface area contributed by atoms with Gasteiger partial charge in [0, 0.05) is 23.5 Å². The number of thiazole rings is 1. The lowest BCUT2D eigenvalue weighted by Gasteiger charge is -2.21. The Morgan fingerprint density at radius 1 is 1.17 bits per heavy atom. The highest BCUT2D eigenvalue weighted by atomic mass is 32.1. The summed E-state index contributed by atoms with van der Waals surface area (Å²) in [5, 5.41) is 7.82. The number of aryl methyl sites for hydroxylation is 1. The number of nitrogens with zero attached hydrogens (tertiary/aromatic N) is 2. The first-order chi connectivity index (χ1) is 14.5. The average molecular weight is 429 g/mol. The van der Waals surface area contributed by atoms with Crippen molar-refractivity contribution in [2.75, 3.05) is 18.4 Å². The lowest BCUT2D eigenvalue weighted by molar-refractivity contribution is -0.120. The molecule has 8 heteroatoms. The fourth-order valence-corrected chi connectivity index (χ4v) is 3.73. The summed E-state index contributed by atoms with van der Waals surface area (Å²) in [5.41, 5.74) is 2.30. The van der Waals surface area contributed by atoms with Crippen LogP contribution in [0.15, 0.2) is 29.6 Å². The normalized spacial score (nSPS) is 13.0. The molecule has 1 heterocycles. The molecule has 30 heavy (non-hydrogen) atoms. The first-order valence-electron chi connectivity index (χ1n) is 10.3. The minimum absolute atomic E-state index is 0.0101. The molecule has 0 bridgehead atoms. The molecule has 0 radical (unpaired) electrons. The van der Waals surface area contributed by atoms with Crippen molar-refractivity contribution in [1.29, 1.82) is 0 Å². The SMILES string of the molecule is CCCCNC(=O)Cc1csc(NC(=O)CN(C(=O)c2ccc(C)cc2)C2CC2)n1. The monoisotopic (exact) mass is 428 g/mol. The Morgan fingerprint density at radius 3 is 2.57 bits per heavy atom. The maximum atomic E-state index is 12.8. The Kier molecular flexibility index (Phi) is 7.57. The van der Waals surface area contributed by atoms with Gasteiger partial charge in [-0.3, -0.25) is 14.4 Å². The van der Waals surface area contributed by atoms with Crippen molar-refractivity contribution in [1.82, 2.24) is 15.2 Å². The highest BCUT2D eigenvalue weighted by molar-refractivity contribution is 7.13. The van der Waals surface area contributed by atoms with E-state index in [9.17, 15) is 14.4 Å². The van der Waals surface area contributed by atoms with Gasteiger partial charge in [-0.25, -0.2) is 4.98 Å². The summed E-state index contributed by atoms with van der Waals surface area (Å²) in [6.07, 6.45) is 4.00. The van der Waals surface area contributed by atoms with Crippen LogP contribution in [0.5, 0.6) is 0 Å². The third-order valence-electron chi connectivity index (χ3n) is 4.85. The van der Waals surface area contributed by atoms with Crippen LogP contribution in [-0.4, -0.2) is 46.7 Å². The molecule has 7 nitrogen and oxygen atoms in total. The highest BCUT2D eigenvalue weighted by Crippen LogP contribution is 2.28. The van der Waals surface area contributed by atoms with Crippen molar-refractivity contribution in [3.63, 3.8) is 0 Å². The van der Waals surface area contributed by atoms with E-state index < -0.39 is 0 Å². The summed E-state index contributed by atoms with van der Waals surface area (Å²) in [7, 11) is 0. The van der Waals surface area contributed by atoms with Gasteiger partial charge in [0.2, 0.25) is 11.8 Å². The Bertz CT molecular complexity index is 890. The summed E-state index contributed by atoms with van der Waals surface area (Å²) < 4.78 is 0. The number of anilines is 1. The van der Waals surface area contributed by atoms with Gasteiger partial charge in [0.05, 0.1) is 12.1 Å². The average Bonchev–Trinajstić information content (AvgIpc) is 3.47. The lowest BCUT2D eigenvalue weighted by atomic mass is 10.1. The molecule has 1 saturated carbocycles. The predicted octanol–water partition coefficient (Wildman–Crippen LogP) is 3.15. The van der Waals surface area contributed by atoms with Crippen molar-refractivity contribution in [2.24, 2.45) is 0 Å². The summed E-state index contributed by atoms with van der Waals surface area (Å²) in [6, 6.07) is 7.50. The molecule has 2 N–H and O–H groups in total. The lowest BCUT2D eigenvalue weighted by Crippen LogP contribution is -2.39. The van der Waals surface area contributed by atoms with Crippen LogP contribution >= 0.6 is 11.3 Å². The number of rotatable bonds is 10. The summed E-state index contributed by atoms with van der Waals surface area (Å²) in [5.74, 6) is -0.484. The van der Waals surface area contributed by atoms with Gasteiger partial charge < -0.3 is 15.5 Å². The predicted molar refractivity (Wildman–Crippen MR) is 118 cm³/mol. The van der Waals surface area contributed by atoms with Crippen molar-refractivity contribution in [3.05, 3.63) is 46.5 Å².